The molecule has 0 aromatic carbocycles. The van der Waals surface area contributed by atoms with Crippen LogP contribution in [-0.4, -0.2) is 86.9 Å². The van der Waals surface area contributed by atoms with Crippen LogP contribution in [0.1, 0.15) is 199 Å². The van der Waals surface area contributed by atoms with Gasteiger partial charge in [0.25, 0.3) is 0 Å². The molecule has 0 spiro atoms. The van der Waals surface area contributed by atoms with Crippen LogP contribution >= 0.6 is 68.3 Å². The van der Waals surface area contributed by atoms with E-state index in [-0.39, 0.29) is 36.8 Å². The summed E-state index contributed by atoms with van der Waals surface area (Å²) in [6.07, 6.45) is 16.9. The lowest BCUT2D eigenvalue weighted by molar-refractivity contribution is -0.140. The molecule has 0 aliphatic carbocycles. The zero-order valence-electron chi connectivity index (χ0n) is 45.9. The molecule has 8 atom stereocenters. The largest absolute Gasteiger partial charge is 0.469 e. The standard InChI is InChI=1S/C48H100O10P4S8/c1-15-23-27-44(19-5)33-51-59(63,52-34-45(20-6)28-24-16-2)68-37-41(11)57-62(66,70-39-43(13)56-61(65,55-40(9)10)67-32-31-48(49)50-14)58-42(12)38-69-60(64,53-35-46(21-7)29-25-17-3)54-36-47(22-8)30-26-18-4/h40-47H,15-39H2,1-14H3. The van der Waals surface area contributed by atoms with Gasteiger partial charge in [-0.15, -0.1) is 0 Å². The molecule has 0 amide bonds. The fourth-order valence-electron chi connectivity index (χ4n) is 6.72. The fourth-order valence-corrected chi connectivity index (χ4v) is 26.9. The quantitative estimate of drug-likeness (QED) is 0.0426. The Morgan fingerprint density at radius 2 is 0.729 bits per heavy atom. The van der Waals surface area contributed by atoms with Crippen LogP contribution in [0.4, 0.5) is 0 Å². The van der Waals surface area contributed by atoms with Crippen molar-refractivity contribution >= 4 is 121 Å². The summed E-state index contributed by atoms with van der Waals surface area (Å²) in [7, 11) is 1.38. The smallest absolute Gasteiger partial charge is 0.306 e. The normalized spacial score (nSPS) is 18.7. The topological polar surface area (TPSA) is 100 Å². The summed E-state index contributed by atoms with van der Waals surface area (Å²) >= 11 is 31.1. The van der Waals surface area contributed by atoms with E-state index in [1.807, 2.05) is 34.6 Å². The molecule has 8 unspecified atom stereocenters. The number of hydrogen-bond acceptors (Lipinski definition) is 18. The second-order valence-corrected chi connectivity index (χ2v) is 43.9. The molecule has 0 fully saturated rings. The highest BCUT2D eigenvalue weighted by molar-refractivity contribution is 8.69. The summed E-state index contributed by atoms with van der Waals surface area (Å²) in [4.78, 5) is 11.9. The molecular weight excluding hydrogens is 1120 g/mol. The number of hydrogen-bond donors (Lipinski definition) is 0. The number of unbranched alkanes of at least 4 members (excludes halogenated alkanes) is 4. The van der Waals surface area contributed by atoms with E-state index in [9.17, 15) is 4.79 Å². The Kier molecular flexibility index (Phi) is 44.9. The maximum atomic E-state index is 11.9. The van der Waals surface area contributed by atoms with Crippen LogP contribution in [0.5, 0.6) is 0 Å². The van der Waals surface area contributed by atoms with Gasteiger partial charge < -0.3 is 40.9 Å². The summed E-state index contributed by atoms with van der Waals surface area (Å²) in [6.45, 7) is 30.1. The first-order chi connectivity index (χ1) is 33.1. The molecule has 0 saturated heterocycles. The summed E-state index contributed by atoms with van der Waals surface area (Å²) in [6, 6.07) is 0. The van der Waals surface area contributed by atoms with Crippen molar-refractivity contribution in [2.75, 3.05) is 56.5 Å². The second-order valence-electron chi connectivity index (χ2n) is 18.6. The fraction of sp³-hybridized carbons (Fsp3) is 0.979. The van der Waals surface area contributed by atoms with Crippen LogP contribution in [0.2, 0.25) is 0 Å². The third kappa shape index (κ3) is 36.3. The SMILES string of the molecule is CCCCC(CC)COP(=S)(OCC(CC)CCCC)SCC(C)OP(=S)(OC(C)CSP(=S)(OCC(CC)CCCC)OCC(CC)CCCC)SCC(C)OP(=S)(OC(C)C)SCCC(=O)OC. The van der Waals surface area contributed by atoms with Gasteiger partial charge in [-0.1, -0.05) is 178 Å². The van der Waals surface area contributed by atoms with Crippen molar-refractivity contribution in [1.29, 1.82) is 0 Å². The Labute approximate surface area is 467 Å². The van der Waals surface area contributed by atoms with Crippen LogP contribution in [0.15, 0.2) is 0 Å². The van der Waals surface area contributed by atoms with Crippen molar-refractivity contribution in [3.8, 4) is 0 Å². The van der Waals surface area contributed by atoms with Crippen molar-refractivity contribution in [2.45, 2.75) is 224 Å². The van der Waals surface area contributed by atoms with Crippen LogP contribution < -0.4 is 0 Å². The minimum absolute atomic E-state index is 0.161. The first kappa shape index (κ1) is 73.2. The van der Waals surface area contributed by atoms with Crippen LogP contribution in [-0.2, 0) is 92.9 Å². The van der Waals surface area contributed by atoms with Gasteiger partial charge in [-0.3, -0.25) is 4.79 Å². The van der Waals surface area contributed by atoms with Crippen molar-refractivity contribution < 1.29 is 45.7 Å². The lowest BCUT2D eigenvalue weighted by Crippen LogP contribution is -2.17. The summed E-state index contributed by atoms with van der Waals surface area (Å²) in [5, 5.41) is 0. The molecule has 0 aromatic heterocycles. The lowest BCUT2D eigenvalue weighted by atomic mass is 10.0. The molecule has 0 N–H and O–H groups in total. The van der Waals surface area contributed by atoms with E-state index in [1.165, 1.54) is 55.6 Å². The molecule has 0 bridgehead atoms. The Morgan fingerprint density at radius 3 is 0.986 bits per heavy atom. The molecule has 0 aliphatic heterocycles. The Morgan fingerprint density at radius 1 is 0.443 bits per heavy atom. The van der Waals surface area contributed by atoms with Gasteiger partial charge in [0.15, 0.2) is 0 Å². The molecule has 70 heavy (non-hydrogen) atoms. The maximum Gasteiger partial charge on any atom is 0.306 e. The molecule has 0 aliphatic rings. The molecule has 420 valence electrons. The molecular formula is C48H100O10P4S8. The van der Waals surface area contributed by atoms with Gasteiger partial charge in [0, 0.05) is 23.0 Å². The molecule has 10 nitrogen and oxygen atoms in total. The van der Waals surface area contributed by atoms with E-state index < -0.39 is 22.8 Å². The summed E-state index contributed by atoms with van der Waals surface area (Å²) in [5.74, 6) is 3.37. The molecule has 0 saturated carbocycles. The Hall–Kier alpha value is 3.15. The van der Waals surface area contributed by atoms with Gasteiger partial charge >= 0.3 is 5.97 Å². The van der Waals surface area contributed by atoms with E-state index >= 15 is 0 Å². The van der Waals surface area contributed by atoms with E-state index in [1.54, 1.807) is 22.8 Å². The number of rotatable bonds is 49. The monoisotopic (exact) mass is 1220 g/mol. The maximum absolute atomic E-state index is 11.9. The van der Waals surface area contributed by atoms with Crippen LogP contribution in [0.3, 0.4) is 0 Å². The van der Waals surface area contributed by atoms with Crippen molar-refractivity contribution in [1.82, 2.24) is 0 Å². The van der Waals surface area contributed by atoms with Gasteiger partial charge in [0.2, 0.25) is 22.8 Å². The van der Waals surface area contributed by atoms with Crippen molar-refractivity contribution in [2.24, 2.45) is 23.7 Å². The van der Waals surface area contributed by atoms with Gasteiger partial charge in [-0.25, -0.2) is 0 Å². The van der Waals surface area contributed by atoms with E-state index in [4.69, 9.17) is 88.2 Å². The van der Waals surface area contributed by atoms with E-state index in [0.29, 0.717) is 73.1 Å². The number of esters is 1. The number of ether oxygens (including phenoxy) is 1. The lowest BCUT2D eigenvalue weighted by Gasteiger charge is -2.32. The number of carbonyl (C=O) groups is 1. The van der Waals surface area contributed by atoms with Crippen molar-refractivity contribution in [3.05, 3.63) is 0 Å². The van der Waals surface area contributed by atoms with Gasteiger partial charge in [0.1, 0.15) is 0 Å². The third-order valence-corrected chi connectivity index (χ3v) is 33.5. The molecule has 0 aromatic rings. The van der Waals surface area contributed by atoms with Gasteiger partial charge in [-0.05, 0) is 131 Å². The Bertz CT molecular complexity index is 1400. The predicted octanol–water partition coefficient (Wildman–Crippen LogP) is 19.0. The second kappa shape index (κ2) is 43.0. The number of methoxy groups -OCH3 is 1. The van der Waals surface area contributed by atoms with E-state index in [2.05, 4.69) is 55.4 Å². The molecule has 0 heterocycles. The zero-order valence-corrected chi connectivity index (χ0v) is 56.0. The highest BCUT2D eigenvalue weighted by Gasteiger charge is 2.33. The zero-order chi connectivity index (χ0) is 53.1. The predicted molar refractivity (Wildman–Crippen MR) is 328 cm³/mol. The summed E-state index contributed by atoms with van der Waals surface area (Å²) in [5.41, 5.74) is -11.4. The first-order valence-electron chi connectivity index (χ1n) is 26.5. The van der Waals surface area contributed by atoms with Crippen molar-refractivity contribution in [3.63, 3.8) is 0 Å². The van der Waals surface area contributed by atoms with E-state index in [0.717, 1.165) is 77.0 Å². The molecule has 0 radical (unpaired) electrons. The average Bonchev–Trinajstić information content (AvgIpc) is 3.32. The Balaban J connectivity index is 6.66. The highest BCUT2D eigenvalue weighted by atomic mass is 32.9. The number of carbonyl (C=O) groups excluding carboxylic acids is 1. The molecule has 0 rings (SSSR count). The highest BCUT2D eigenvalue weighted by Crippen LogP contribution is 2.68. The minimum Gasteiger partial charge on any atom is -0.469 e. The first-order valence-corrected chi connectivity index (χ1v) is 43.4. The van der Waals surface area contributed by atoms with Gasteiger partial charge in [-0.2, -0.15) is 0 Å². The third-order valence-electron chi connectivity index (χ3n) is 11.5. The summed E-state index contributed by atoms with van der Waals surface area (Å²) < 4.78 is 58.1. The average molecular weight is 1220 g/mol. The molecule has 22 heteroatoms. The van der Waals surface area contributed by atoms with Gasteiger partial charge in [0.05, 0.1) is 64.4 Å². The minimum atomic E-state index is -3.07. The van der Waals surface area contributed by atoms with Crippen LogP contribution in [0.25, 0.3) is 0 Å². The van der Waals surface area contributed by atoms with Crippen LogP contribution in [0, 0.1) is 23.7 Å².